The number of carbonyl (C=O) groups excluding carboxylic acids is 1. The standard InChI is InChI=1S/C39H44N4O9/c1-24(2)32-14-11-25(3)17-35(32)51-23-36(45)41-29-8-6-9-30(19-29)42(22-28-18-31(43(48)49)13-15-33(28)44)21-27-7-5-10-34(50-4)38(27)52-37-16-12-26(20-40-37)39(46)47/h5-10,12-13,15-16,18-20,24-25,32,35,44H,11,14,17,21-23H2,1-4H3,(H,41,45)(H,46,47). The summed E-state index contributed by atoms with van der Waals surface area (Å²) in [5, 5.41) is 34.6. The van der Waals surface area contributed by atoms with E-state index in [1.165, 1.54) is 43.6 Å². The molecule has 13 nitrogen and oxygen atoms in total. The minimum Gasteiger partial charge on any atom is -0.508 e. The summed E-state index contributed by atoms with van der Waals surface area (Å²) in [6.07, 6.45) is 4.37. The molecule has 52 heavy (non-hydrogen) atoms. The fourth-order valence-corrected chi connectivity index (χ4v) is 6.56. The third kappa shape index (κ3) is 9.55. The second-order valence-corrected chi connectivity index (χ2v) is 13.4. The molecule has 0 saturated heterocycles. The number of carbonyl (C=O) groups is 2. The first-order chi connectivity index (χ1) is 24.9. The monoisotopic (exact) mass is 712 g/mol. The number of nitrogens with zero attached hydrogens (tertiary/aromatic N) is 3. The molecule has 0 bridgehead atoms. The zero-order chi connectivity index (χ0) is 37.4. The van der Waals surface area contributed by atoms with Crippen molar-refractivity contribution in [1.82, 2.24) is 4.98 Å². The van der Waals surface area contributed by atoms with Gasteiger partial charge in [-0.3, -0.25) is 14.9 Å². The highest BCUT2D eigenvalue weighted by molar-refractivity contribution is 5.92. The molecule has 1 heterocycles. The van der Waals surface area contributed by atoms with Crippen LogP contribution in [0.4, 0.5) is 17.1 Å². The summed E-state index contributed by atoms with van der Waals surface area (Å²) < 4.78 is 17.9. The zero-order valence-electron chi connectivity index (χ0n) is 29.7. The Hall–Kier alpha value is -5.69. The number of phenolic OH excluding ortho intramolecular Hbond substituents is 1. The van der Waals surface area contributed by atoms with Gasteiger partial charge in [-0.1, -0.05) is 45.4 Å². The summed E-state index contributed by atoms with van der Waals surface area (Å²) in [6, 6.07) is 19.1. The third-order valence-corrected chi connectivity index (χ3v) is 9.35. The number of benzene rings is 3. The van der Waals surface area contributed by atoms with E-state index in [-0.39, 0.29) is 54.6 Å². The highest BCUT2D eigenvalue weighted by Crippen LogP contribution is 2.38. The molecule has 5 rings (SSSR count). The lowest BCUT2D eigenvalue weighted by atomic mass is 9.75. The van der Waals surface area contributed by atoms with Crippen LogP contribution in [0.1, 0.15) is 61.5 Å². The van der Waals surface area contributed by atoms with E-state index in [0.29, 0.717) is 51.8 Å². The maximum absolute atomic E-state index is 13.2. The molecule has 0 aliphatic heterocycles. The zero-order valence-corrected chi connectivity index (χ0v) is 29.7. The number of carboxylic acid groups (broad SMARTS) is 1. The van der Waals surface area contributed by atoms with Gasteiger partial charge in [-0.25, -0.2) is 9.78 Å². The van der Waals surface area contributed by atoms with Crippen LogP contribution >= 0.6 is 0 Å². The summed E-state index contributed by atoms with van der Waals surface area (Å²) in [7, 11) is 1.49. The molecule has 274 valence electrons. The summed E-state index contributed by atoms with van der Waals surface area (Å²) >= 11 is 0. The molecule has 13 heteroatoms. The second-order valence-electron chi connectivity index (χ2n) is 13.4. The predicted octanol–water partition coefficient (Wildman–Crippen LogP) is 7.82. The van der Waals surface area contributed by atoms with E-state index < -0.39 is 10.9 Å². The number of methoxy groups -OCH3 is 1. The van der Waals surface area contributed by atoms with Crippen molar-refractivity contribution in [2.75, 3.05) is 23.9 Å². The molecule has 4 aromatic rings. The van der Waals surface area contributed by atoms with Gasteiger partial charge in [-0.05, 0) is 67.0 Å². The number of aromatic hydroxyl groups is 1. The third-order valence-electron chi connectivity index (χ3n) is 9.35. The lowest BCUT2D eigenvalue weighted by Crippen LogP contribution is -2.36. The van der Waals surface area contributed by atoms with Crippen molar-refractivity contribution < 1.29 is 38.9 Å². The molecular formula is C39H44N4O9. The number of hydrogen-bond donors (Lipinski definition) is 3. The number of anilines is 2. The van der Waals surface area contributed by atoms with Gasteiger partial charge in [0.1, 0.15) is 12.4 Å². The summed E-state index contributed by atoms with van der Waals surface area (Å²) in [4.78, 5) is 41.6. The van der Waals surface area contributed by atoms with Crippen LogP contribution in [0.5, 0.6) is 23.1 Å². The van der Waals surface area contributed by atoms with E-state index in [1.807, 2.05) is 17.0 Å². The van der Waals surface area contributed by atoms with Crippen LogP contribution in [0.25, 0.3) is 0 Å². The molecular weight excluding hydrogens is 668 g/mol. The van der Waals surface area contributed by atoms with Crippen molar-refractivity contribution >= 4 is 28.9 Å². The van der Waals surface area contributed by atoms with Gasteiger partial charge in [0, 0.05) is 60.0 Å². The molecule has 1 amide bonds. The van der Waals surface area contributed by atoms with E-state index in [4.69, 9.17) is 14.2 Å². The Kier molecular flexibility index (Phi) is 12.3. The number of carboxylic acids is 1. The number of nitro groups is 1. The number of nitrogens with one attached hydrogen (secondary N) is 1. The molecule has 0 radical (unpaired) electrons. The number of aromatic carboxylic acids is 1. The topological polar surface area (TPSA) is 174 Å². The van der Waals surface area contributed by atoms with E-state index in [2.05, 4.69) is 31.1 Å². The molecule has 1 fully saturated rings. The van der Waals surface area contributed by atoms with Crippen LogP contribution < -0.4 is 19.7 Å². The first kappa shape index (κ1) is 37.6. The van der Waals surface area contributed by atoms with Gasteiger partial charge in [-0.2, -0.15) is 0 Å². The lowest BCUT2D eigenvalue weighted by molar-refractivity contribution is -0.384. The second kappa shape index (κ2) is 17.0. The fourth-order valence-electron chi connectivity index (χ4n) is 6.56. The van der Waals surface area contributed by atoms with Crippen LogP contribution in [-0.4, -0.2) is 51.8 Å². The van der Waals surface area contributed by atoms with Crippen molar-refractivity contribution in [1.29, 1.82) is 0 Å². The Morgan fingerprint density at radius 3 is 2.50 bits per heavy atom. The van der Waals surface area contributed by atoms with E-state index in [1.54, 1.807) is 30.3 Å². The maximum atomic E-state index is 13.2. The van der Waals surface area contributed by atoms with E-state index in [0.717, 1.165) is 19.3 Å². The molecule has 3 aromatic carbocycles. The number of hydrogen-bond acceptors (Lipinski definition) is 10. The number of non-ortho nitro benzene ring substituents is 1. The number of ether oxygens (including phenoxy) is 3. The van der Waals surface area contributed by atoms with E-state index in [9.17, 15) is 29.9 Å². The largest absolute Gasteiger partial charge is 0.508 e. The Morgan fingerprint density at radius 1 is 1.04 bits per heavy atom. The number of nitro benzene ring substituents is 1. The average Bonchev–Trinajstić information content (AvgIpc) is 3.12. The normalized spacial score (nSPS) is 17.0. The van der Waals surface area contributed by atoms with Crippen molar-refractivity contribution in [3.8, 4) is 23.1 Å². The number of phenols is 1. The quantitative estimate of drug-likeness (QED) is 0.0810. The Morgan fingerprint density at radius 2 is 1.81 bits per heavy atom. The van der Waals surface area contributed by atoms with Gasteiger partial charge in [-0.15, -0.1) is 0 Å². The molecule has 3 atom stereocenters. The number of aromatic nitrogens is 1. The lowest BCUT2D eigenvalue weighted by Gasteiger charge is -2.37. The summed E-state index contributed by atoms with van der Waals surface area (Å²) in [5.74, 6) is 0.689. The predicted molar refractivity (Wildman–Crippen MR) is 195 cm³/mol. The van der Waals surface area contributed by atoms with Crippen LogP contribution in [0.3, 0.4) is 0 Å². The van der Waals surface area contributed by atoms with Crippen LogP contribution in [0.15, 0.2) is 79.0 Å². The van der Waals surface area contributed by atoms with Crippen molar-refractivity contribution in [3.05, 3.63) is 106 Å². The number of para-hydroxylation sites is 1. The SMILES string of the molecule is COc1cccc(CN(Cc2cc([N+](=O)[O-])ccc2O)c2cccc(NC(=O)COC3CC(C)CCC3C(C)C)c2)c1Oc1ccc(C(=O)O)cn1. The highest BCUT2D eigenvalue weighted by atomic mass is 16.6. The van der Waals surface area contributed by atoms with Gasteiger partial charge in [0.25, 0.3) is 5.69 Å². The number of amides is 1. The number of pyridine rings is 1. The van der Waals surface area contributed by atoms with Gasteiger partial charge in [0.2, 0.25) is 11.8 Å². The molecule has 3 unspecified atom stereocenters. The van der Waals surface area contributed by atoms with Gasteiger partial charge >= 0.3 is 5.97 Å². The Balaban J connectivity index is 1.43. The van der Waals surface area contributed by atoms with Crippen LogP contribution in [-0.2, 0) is 22.6 Å². The smallest absolute Gasteiger partial charge is 0.337 e. The molecule has 1 aliphatic rings. The van der Waals surface area contributed by atoms with Crippen molar-refractivity contribution in [3.63, 3.8) is 0 Å². The molecule has 3 N–H and O–H groups in total. The van der Waals surface area contributed by atoms with Gasteiger partial charge in [0.05, 0.1) is 23.7 Å². The highest BCUT2D eigenvalue weighted by Gasteiger charge is 2.32. The average molecular weight is 713 g/mol. The number of rotatable bonds is 15. The van der Waals surface area contributed by atoms with Crippen LogP contribution in [0, 0.1) is 27.9 Å². The first-order valence-corrected chi connectivity index (χ1v) is 17.2. The van der Waals surface area contributed by atoms with Gasteiger partial charge < -0.3 is 34.6 Å². The first-order valence-electron chi connectivity index (χ1n) is 17.2. The summed E-state index contributed by atoms with van der Waals surface area (Å²) in [6.45, 7) is 6.71. The molecule has 1 saturated carbocycles. The Bertz CT molecular complexity index is 1880. The van der Waals surface area contributed by atoms with Crippen molar-refractivity contribution in [2.24, 2.45) is 17.8 Å². The molecule has 0 spiro atoms. The van der Waals surface area contributed by atoms with Gasteiger partial charge in [0.15, 0.2) is 11.5 Å². The molecule has 1 aromatic heterocycles. The van der Waals surface area contributed by atoms with E-state index >= 15 is 0 Å². The maximum Gasteiger partial charge on any atom is 0.337 e. The summed E-state index contributed by atoms with van der Waals surface area (Å²) in [5.41, 5.74) is 1.89. The molecule has 1 aliphatic carbocycles. The minimum absolute atomic E-state index is 0.00240. The fraction of sp³-hybridized carbons (Fsp3) is 0.359. The van der Waals surface area contributed by atoms with Crippen molar-refractivity contribution in [2.45, 2.75) is 59.2 Å². The minimum atomic E-state index is -1.12. The van der Waals surface area contributed by atoms with Crippen LogP contribution in [0.2, 0.25) is 0 Å². The Labute approximate surface area is 302 Å².